The number of amides is 1. The molecule has 4 nitrogen and oxygen atoms in total. The van der Waals surface area contributed by atoms with Gasteiger partial charge in [-0.05, 0) is 47.5 Å². The van der Waals surface area contributed by atoms with E-state index in [9.17, 15) is 4.79 Å². The quantitative estimate of drug-likeness (QED) is 0.722. The molecular weight excluding hydrogens is 204 g/mol. The minimum absolute atomic E-state index is 0.172. The molecule has 1 saturated heterocycles. The van der Waals surface area contributed by atoms with Crippen molar-refractivity contribution in [3.05, 3.63) is 0 Å². The lowest BCUT2D eigenvalue weighted by molar-refractivity contribution is 0.0479. The molecule has 0 aliphatic carbocycles. The summed E-state index contributed by atoms with van der Waals surface area (Å²) in [6.45, 7) is 9.88. The van der Waals surface area contributed by atoms with Crippen molar-refractivity contribution in [2.24, 2.45) is 0 Å². The van der Waals surface area contributed by atoms with Gasteiger partial charge >= 0.3 is 6.09 Å². The van der Waals surface area contributed by atoms with E-state index in [2.05, 4.69) is 24.5 Å². The van der Waals surface area contributed by atoms with Gasteiger partial charge in [-0.3, -0.25) is 0 Å². The monoisotopic (exact) mass is 228 g/mol. The van der Waals surface area contributed by atoms with Crippen LogP contribution in [0.2, 0.25) is 0 Å². The highest BCUT2D eigenvalue weighted by Crippen LogP contribution is 2.14. The van der Waals surface area contributed by atoms with Crippen molar-refractivity contribution in [1.29, 1.82) is 0 Å². The Kier molecular flexibility index (Phi) is 4.19. The number of ether oxygens (including phenoxy) is 1. The van der Waals surface area contributed by atoms with Gasteiger partial charge < -0.3 is 15.4 Å². The van der Waals surface area contributed by atoms with Crippen LogP contribution in [0, 0.1) is 0 Å². The second kappa shape index (κ2) is 5.04. The summed E-state index contributed by atoms with van der Waals surface area (Å²) in [6.07, 6.45) is 1.78. The molecule has 0 radical (unpaired) electrons. The molecule has 1 amide bonds. The zero-order chi connectivity index (χ0) is 12.3. The third-order valence-corrected chi connectivity index (χ3v) is 2.76. The third kappa shape index (κ3) is 4.39. The highest BCUT2D eigenvalue weighted by molar-refractivity contribution is 5.68. The van der Waals surface area contributed by atoms with Crippen LogP contribution in [0.3, 0.4) is 0 Å². The smallest absolute Gasteiger partial charge is 0.407 e. The van der Waals surface area contributed by atoms with Crippen molar-refractivity contribution in [2.75, 3.05) is 0 Å². The number of hydrogen-bond acceptors (Lipinski definition) is 3. The molecule has 0 aromatic carbocycles. The van der Waals surface area contributed by atoms with E-state index in [4.69, 9.17) is 4.74 Å². The van der Waals surface area contributed by atoms with Crippen LogP contribution in [0.25, 0.3) is 0 Å². The van der Waals surface area contributed by atoms with E-state index in [0.29, 0.717) is 12.1 Å². The molecule has 94 valence electrons. The first kappa shape index (κ1) is 13.3. The molecule has 2 N–H and O–H groups in total. The standard InChI is InChI=1S/C12H24N2O2/c1-8-6-7-10(9(2)13-8)14-11(15)16-12(3,4)5/h8-10,13H,6-7H2,1-5H3,(H,14,15). The van der Waals surface area contributed by atoms with Crippen LogP contribution in [0.15, 0.2) is 0 Å². The Morgan fingerprint density at radius 2 is 1.94 bits per heavy atom. The van der Waals surface area contributed by atoms with Gasteiger partial charge in [0.1, 0.15) is 5.60 Å². The molecule has 1 fully saturated rings. The maximum atomic E-state index is 11.6. The predicted molar refractivity (Wildman–Crippen MR) is 64.5 cm³/mol. The van der Waals surface area contributed by atoms with E-state index in [1.165, 1.54) is 0 Å². The number of hydrogen-bond donors (Lipinski definition) is 2. The van der Waals surface area contributed by atoms with Crippen LogP contribution in [-0.4, -0.2) is 29.8 Å². The zero-order valence-corrected chi connectivity index (χ0v) is 11.0. The summed E-state index contributed by atoms with van der Waals surface area (Å²) < 4.78 is 5.24. The van der Waals surface area contributed by atoms with E-state index in [-0.39, 0.29) is 12.1 Å². The normalized spacial score (nSPS) is 30.9. The summed E-state index contributed by atoms with van der Waals surface area (Å²) in [7, 11) is 0. The second-order valence-corrected chi connectivity index (χ2v) is 5.69. The zero-order valence-electron chi connectivity index (χ0n) is 11.0. The third-order valence-electron chi connectivity index (χ3n) is 2.76. The van der Waals surface area contributed by atoms with Crippen LogP contribution in [-0.2, 0) is 4.74 Å². The molecular formula is C12H24N2O2. The van der Waals surface area contributed by atoms with Crippen molar-refractivity contribution in [3.8, 4) is 0 Å². The second-order valence-electron chi connectivity index (χ2n) is 5.69. The summed E-state index contributed by atoms with van der Waals surface area (Å²) in [4.78, 5) is 11.6. The number of nitrogens with one attached hydrogen (secondary N) is 2. The largest absolute Gasteiger partial charge is 0.444 e. The fourth-order valence-corrected chi connectivity index (χ4v) is 1.98. The van der Waals surface area contributed by atoms with E-state index >= 15 is 0 Å². The SMILES string of the molecule is CC1CCC(NC(=O)OC(C)(C)C)C(C)N1. The van der Waals surface area contributed by atoms with Crippen LogP contribution >= 0.6 is 0 Å². The summed E-state index contributed by atoms with van der Waals surface area (Å²) in [5.41, 5.74) is -0.428. The van der Waals surface area contributed by atoms with E-state index in [0.717, 1.165) is 12.8 Å². The number of rotatable bonds is 1. The Balaban J connectivity index is 2.39. The minimum Gasteiger partial charge on any atom is -0.444 e. The van der Waals surface area contributed by atoms with Gasteiger partial charge in [0, 0.05) is 18.1 Å². The summed E-state index contributed by atoms with van der Waals surface area (Å²) in [6, 6.07) is 1.01. The number of carbonyl (C=O) groups is 1. The van der Waals surface area contributed by atoms with Crippen LogP contribution in [0.4, 0.5) is 4.79 Å². The molecule has 16 heavy (non-hydrogen) atoms. The molecule has 1 aliphatic heterocycles. The van der Waals surface area contributed by atoms with Gasteiger partial charge in [-0.2, -0.15) is 0 Å². The first-order valence-electron chi connectivity index (χ1n) is 6.03. The number of piperidine rings is 1. The van der Waals surface area contributed by atoms with Crippen LogP contribution in [0.1, 0.15) is 47.5 Å². The molecule has 0 saturated carbocycles. The molecule has 3 atom stereocenters. The van der Waals surface area contributed by atoms with Gasteiger partial charge in [0.25, 0.3) is 0 Å². The lowest BCUT2D eigenvalue weighted by atomic mass is 9.95. The molecule has 3 unspecified atom stereocenters. The molecule has 1 aliphatic rings. The molecule has 4 heteroatoms. The van der Waals surface area contributed by atoms with E-state index in [1.54, 1.807) is 0 Å². The lowest BCUT2D eigenvalue weighted by Gasteiger charge is -2.34. The molecule has 0 bridgehead atoms. The average Bonchev–Trinajstić information content (AvgIpc) is 2.06. The molecule has 1 rings (SSSR count). The number of carbonyl (C=O) groups excluding carboxylic acids is 1. The first-order valence-corrected chi connectivity index (χ1v) is 6.03. The Hall–Kier alpha value is -0.770. The Labute approximate surface area is 98.1 Å². The minimum atomic E-state index is -0.428. The summed E-state index contributed by atoms with van der Waals surface area (Å²) in [5.74, 6) is 0. The maximum absolute atomic E-state index is 11.6. The van der Waals surface area contributed by atoms with Crippen LogP contribution in [0.5, 0.6) is 0 Å². The van der Waals surface area contributed by atoms with Gasteiger partial charge in [0.05, 0.1) is 0 Å². The first-order chi connectivity index (χ1) is 7.28. The fraction of sp³-hybridized carbons (Fsp3) is 0.917. The van der Waals surface area contributed by atoms with E-state index in [1.807, 2.05) is 20.8 Å². The number of alkyl carbamates (subject to hydrolysis) is 1. The lowest BCUT2D eigenvalue weighted by Crippen LogP contribution is -2.55. The van der Waals surface area contributed by atoms with Gasteiger partial charge in [-0.1, -0.05) is 0 Å². The highest BCUT2D eigenvalue weighted by Gasteiger charge is 2.27. The van der Waals surface area contributed by atoms with Crippen molar-refractivity contribution >= 4 is 6.09 Å². The van der Waals surface area contributed by atoms with Crippen molar-refractivity contribution in [1.82, 2.24) is 10.6 Å². The molecule has 0 aromatic rings. The molecule has 0 aromatic heterocycles. The average molecular weight is 228 g/mol. The Morgan fingerprint density at radius 3 is 2.44 bits per heavy atom. The van der Waals surface area contributed by atoms with Crippen molar-refractivity contribution in [3.63, 3.8) is 0 Å². The molecule has 0 spiro atoms. The maximum Gasteiger partial charge on any atom is 0.407 e. The van der Waals surface area contributed by atoms with Gasteiger partial charge in [0.15, 0.2) is 0 Å². The summed E-state index contributed by atoms with van der Waals surface area (Å²) >= 11 is 0. The molecule has 1 heterocycles. The van der Waals surface area contributed by atoms with Gasteiger partial charge in [0.2, 0.25) is 0 Å². The van der Waals surface area contributed by atoms with Crippen molar-refractivity contribution in [2.45, 2.75) is 71.2 Å². The van der Waals surface area contributed by atoms with Gasteiger partial charge in [-0.25, -0.2) is 4.79 Å². The van der Waals surface area contributed by atoms with Crippen molar-refractivity contribution < 1.29 is 9.53 Å². The Morgan fingerprint density at radius 1 is 1.31 bits per heavy atom. The van der Waals surface area contributed by atoms with Gasteiger partial charge in [-0.15, -0.1) is 0 Å². The summed E-state index contributed by atoms with van der Waals surface area (Å²) in [5, 5.41) is 6.35. The highest BCUT2D eigenvalue weighted by atomic mass is 16.6. The topological polar surface area (TPSA) is 50.4 Å². The predicted octanol–water partition coefficient (Wildman–Crippen LogP) is 2.04. The Bertz CT molecular complexity index is 248. The van der Waals surface area contributed by atoms with E-state index < -0.39 is 5.60 Å². The van der Waals surface area contributed by atoms with Crippen LogP contribution < -0.4 is 10.6 Å². The fourth-order valence-electron chi connectivity index (χ4n) is 1.98.